The predicted molar refractivity (Wildman–Crippen MR) is 129 cm³/mol. The molecule has 4 fully saturated rings. The molecule has 4 rings (SSSR count). The highest BCUT2D eigenvalue weighted by molar-refractivity contribution is 5.09. The fraction of sp³-hybridized carbons (Fsp3) is 1.00. The minimum absolute atomic E-state index is 0.648. The van der Waals surface area contributed by atoms with Crippen LogP contribution in [0.1, 0.15) is 118 Å². The molecule has 1 heteroatoms. The number of rotatable bonds is 8. The fourth-order valence-corrected chi connectivity index (χ4v) is 9.66. The Balaban J connectivity index is 1.36. The van der Waals surface area contributed by atoms with Crippen LogP contribution in [-0.2, 0) is 4.74 Å². The molecular weight excluding hydrogens is 364 g/mol. The van der Waals surface area contributed by atoms with E-state index in [-0.39, 0.29) is 0 Å². The zero-order valence-electron chi connectivity index (χ0n) is 21.1. The van der Waals surface area contributed by atoms with E-state index in [1.54, 1.807) is 38.5 Å². The molecular formula is C29H52O. The SMILES string of the molecule is CCOCC(C)CCCC(C)[C@H]1CC[C@H]2[C@@H]3CCC4CCCC[C@]4(C)[C@H]3CC[C@]12C. The molecule has 0 spiro atoms. The van der Waals surface area contributed by atoms with Gasteiger partial charge in [0, 0.05) is 13.2 Å². The molecule has 3 unspecified atom stereocenters. The maximum absolute atomic E-state index is 5.64. The standard InChI is InChI=1S/C29H52O/c1-6-30-20-21(2)10-9-11-22(3)25-15-16-26-24-14-13-23-12-7-8-18-28(23,4)27(24)17-19-29(25,26)5/h21-27H,6-20H2,1-5H3/t21?,22?,23?,24-,25+,26-,27-,28-,29+/m0/s1. The van der Waals surface area contributed by atoms with Crippen LogP contribution in [-0.4, -0.2) is 13.2 Å². The second-order valence-corrected chi connectivity index (χ2v) is 12.8. The Hall–Kier alpha value is -0.0400. The smallest absolute Gasteiger partial charge is 0.0491 e. The molecule has 0 aliphatic heterocycles. The molecule has 0 radical (unpaired) electrons. The summed E-state index contributed by atoms with van der Waals surface area (Å²) in [5.74, 6) is 6.85. The molecule has 1 nitrogen and oxygen atoms in total. The van der Waals surface area contributed by atoms with Gasteiger partial charge in [-0.25, -0.2) is 0 Å². The first kappa shape index (κ1) is 23.1. The topological polar surface area (TPSA) is 9.23 Å². The minimum atomic E-state index is 0.648. The number of hydrogen-bond acceptors (Lipinski definition) is 1. The third-order valence-corrected chi connectivity index (χ3v) is 11.3. The lowest BCUT2D eigenvalue weighted by Gasteiger charge is -2.61. The number of fused-ring (bicyclic) bond motifs is 5. The summed E-state index contributed by atoms with van der Waals surface area (Å²) in [7, 11) is 0. The highest BCUT2D eigenvalue weighted by Crippen LogP contribution is 2.68. The normalized spacial score (nSPS) is 45.3. The van der Waals surface area contributed by atoms with E-state index in [1.165, 1.54) is 44.9 Å². The third-order valence-electron chi connectivity index (χ3n) is 11.3. The van der Waals surface area contributed by atoms with Gasteiger partial charge in [0.1, 0.15) is 0 Å². The molecule has 0 aromatic carbocycles. The Morgan fingerprint density at radius 1 is 0.833 bits per heavy atom. The van der Waals surface area contributed by atoms with Gasteiger partial charge in [-0.1, -0.05) is 53.4 Å². The van der Waals surface area contributed by atoms with Crippen LogP contribution in [0.3, 0.4) is 0 Å². The van der Waals surface area contributed by atoms with Crippen LogP contribution in [0, 0.1) is 52.3 Å². The molecule has 0 N–H and O–H groups in total. The Morgan fingerprint density at radius 3 is 2.43 bits per heavy atom. The van der Waals surface area contributed by atoms with Crippen molar-refractivity contribution in [2.45, 2.75) is 118 Å². The molecule has 0 aromatic heterocycles. The van der Waals surface area contributed by atoms with Gasteiger partial charge in [0.25, 0.3) is 0 Å². The molecule has 0 heterocycles. The van der Waals surface area contributed by atoms with Crippen molar-refractivity contribution in [1.29, 1.82) is 0 Å². The monoisotopic (exact) mass is 416 g/mol. The van der Waals surface area contributed by atoms with Gasteiger partial charge in [0.15, 0.2) is 0 Å². The summed E-state index contributed by atoms with van der Waals surface area (Å²) < 4.78 is 5.64. The predicted octanol–water partition coefficient (Wildman–Crippen LogP) is 8.51. The first-order chi connectivity index (χ1) is 14.4. The number of ether oxygens (including phenoxy) is 1. The molecule has 30 heavy (non-hydrogen) atoms. The zero-order valence-corrected chi connectivity index (χ0v) is 21.1. The maximum atomic E-state index is 5.64. The maximum Gasteiger partial charge on any atom is 0.0491 e. The lowest BCUT2D eigenvalue weighted by Crippen LogP contribution is -2.53. The van der Waals surface area contributed by atoms with Crippen LogP contribution in [0.4, 0.5) is 0 Å². The van der Waals surface area contributed by atoms with Crippen molar-refractivity contribution >= 4 is 0 Å². The van der Waals surface area contributed by atoms with Gasteiger partial charge >= 0.3 is 0 Å². The van der Waals surface area contributed by atoms with Crippen molar-refractivity contribution in [2.24, 2.45) is 52.3 Å². The van der Waals surface area contributed by atoms with Gasteiger partial charge in [-0.15, -0.1) is 0 Å². The quantitative estimate of drug-likeness (QED) is 0.385. The van der Waals surface area contributed by atoms with E-state index < -0.39 is 0 Å². The Morgan fingerprint density at radius 2 is 1.63 bits per heavy atom. The Labute approximate surface area is 188 Å². The van der Waals surface area contributed by atoms with Crippen molar-refractivity contribution in [3.05, 3.63) is 0 Å². The van der Waals surface area contributed by atoms with E-state index in [1.807, 2.05) is 0 Å². The number of hydrogen-bond donors (Lipinski definition) is 0. The molecule has 9 atom stereocenters. The lowest BCUT2D eigenvalue weighted by atomic mass is 9.44. The van der Waals surface area contributed by atoms with Gasteiger partial charge in [-0.05, 0) is 117 Å². The second kappa shape index (κ2) is 9.44. The first-order valence-electron chi connectivity index (χ1n) is 14.0. The van der Waals surface area contributed by atoms with Gasteiger partial charge < -0.3 is 4.74 Å². The van der Waals surface area contributed by atoms with Crippen LogP contribution < -0.4 is 0 Å². The molecule has 174 valence electrons. The molecule has 4 aliphatic carbocycles. The Bertz CT molecular complexity index is 557. The van der Waals surface area contributed by atoms with E-state index in [2.05, 4.69) is 34.6 Å². The lowest BCUT2D eigenvalue weighted by molar-refractivity contribution is -0.114. The van der Waals surface area contributed by atoms with Crippen LogP contribution >= 0.6 is 0 Å². The van der Waals surface area contributed by atoms with Gasteiger partial charge in [-0.2, -0.15) is 0 Å². The summed E-state index contributed by atoms with van der Waals surface area (Å²) in [6.07, 6.45) is 19.6. The largest absolute Gasteiger partial charge is 0.381 e. The van der Waals surface area contributed by atoms with Crippen molar-refractivity contribution < 1.29 is 4.74 Å². The second-order valence-electron chi connectivity index (χ2n) is 12.8. The molecule has 4 aliphatic rings. The highest BCUT2D eigenvalue weighted by atomic mass is 16.5. The molecule has 0 saturated heterocycles. The van der Waals surface area contributed by atoms with Crippen LogP contribution in [0.25, 0.3) is 0 Å². The molecule has 4 saturated carbocycles. The van der Waals surface area contributed by atoms with Gasteiger partial charge in [0.05, 0.1) is 0 Å². The van der Waals surface area contributed by atoms with E-state index in [9.17, 15) is 0 Å². The van der Waals surface area contributed by atoms with E-state index in [4.69, 9.17) is 4.74 Å². The fourth-order valence-electron chi connectivity index (χ4n) is 9.66. The summed E-state index contributed by atoms with van der Waals surface area (Å²) in [4.78, 5) is 0. The van der Waals surface area contributed by atoms with Crippen LogP contribution in [0.5, 0.6) is 0 Å². The summed E-state index contributed by atoms with van der Waals surface area (Å²) >= 11 is 0. The summed E-state index contributed by atoms with van der Waals surface area (Å²) in [6.45, 7) is 14.4. The van der Waals surface area contributed by atoms with Crippen molar-refractivity contribution in [1.82, 2.24) is 0 Å². The van der Waals surface area contributed by atoms with Crippen molar-refractivity contribution in [3.8, 4) is 0 Å². The van der Waals surface area contributed by atoms with E-state index in [0.717, 1.165) is 54.6 Å². The Kier molecular flexibility index (Phi) is 7.28. The van der Waals surface area contributed by atoms with Crippen molar-refractivity contribution in [2.75, 3.05) is 13.2 Å². The van der Waals surface area contributed by atoms with Gasteiger partial charge in [0.2, 0.25) is 0 Å². The third kappa shape index (κ3) is 4.15. The average Bonchev–Trinajstić information content (AvgIpc) is 3.09. The van der Waals surface area contributed by atoms with Crippen molar-refractivity contribution in [3.63, 3.8) is 0 Å². The molecule has 0 bridgehead atoms. The van der Waals surface area contributed by atoms with Crippen LogP contribution in [0.2, 0.25) is 0 Å². The molecule has 0 aromatic rings. The summed E-state index contributed by atoms with van der Waals surface area (Å²) in [5, 5.41) is 0. The highest BCUT2D eigenvalue weighted by Gasteiger charge is 2.59. The van der Waals surface area contributed by atoms with Gasteiger partial charge in [-0.3, -0.25) is 0 Å². The minimum Gasteiger partial charge on any atom is -0.381 e. The van der Waals surface area contributed by atoms with E-state index >= 15 is 0 Å². The summed E-state index contributed by atoms with van der Waals surface area (Å²) in [6, 6.07) is 0. The average molecular weight is 417 g/mol. The summed E-state index contributed by atoms with van der Waals surface area (Å²) in [5.41, 5.74) is 1.35. The zero-order chi connectivity index (χ0) is 21.4. The molecule has 0 amide bonds. The van der Waals surface area contributed by atoms with E-state index in [0.29, 0.717) is 10.8 Å². The first-order valence-corrected chi connectivity index (χ1v) is 14.0. The van der Waals surface area contributed by atoms with Crippen LogP contribution in [0.15, 0.2) is 0 Å².